The summed E-state index contributed by atoms with van der Waals surface area (Å²) in [4.78, 5) is 22.7. The van der Waals surface area contributed by atoms with Gasteiger partial charge in [0.15, 0.2) is 5.78 Å². The third-order valence-electron chi connectivity index (χ3n) is 2.07. The molecule has 0 amide bonds. The Balaban J connectivity index is 3.27. The minimum Gasteiger partial charge on any atom is -0.465 e. The molecule has 90 valence electrons. The maximum absolute atomic E-state index is 11.4. The predicted octanol–water partition coefficient (Wildman–Crippen LogP) is 3.14. The molecule has 5 heteroatoms. The molecule has 0 spiro atoms. The molecule has 0 bridgehead atoms. The van der Waals surface area contributed by atoms with E-state index >= 15 is 0 Å². The summed E-state index contributed by atoms with van der Waals surface area (Å²) in [5.41, 5.74) is 0.423. The fraction of sp³-hybridized carbons (Fsp3) is 0.167. The zero-order chi connectivity index (χ0) is 13.0. The highest BCUT2D eigenvalue weighted by Crippen LogP contribution is 2.27. The summed E-state index contributed by atoms with van der Waals surface area (Å²) in [6.07, 6.45) is 1.36. The summed E-state index contributed by atoms with van der Waals surface area (Å²) in [7, 11) is 1.21. The van der Waals surface area contributed by atoms with Gasteiger partial charge in [0.05, 0.1) is 17.2 Å². The highest BCUT2D eigenvalue weighted by Gasteiger charge is 2.15. The van der Waals surface area contributed by atoms with Gasteiger partial charge in [0.25, 0.3) is 0 Å². The number of carbonyl (C=O) groups excluding carboxylic acids is 2. The van der Waals surface area contributed by atoms with Crippen LogP contribution in [0.1, 0.15) is 12.5 Å². The van der Waals surface area contributed by atoms with Gasteiger partial charge < -0.3 is 4.74 Å². The standard InChI is InChI=1S/C12H10Cl2O3/c1-7(15)9(12(16)17-2)6-8-4-3-5-10(13)11(8)14/h3-6H,1-2H3/b9-6+. The summed E-state index contributed by atoms with van der Waals surface area (Å²) in [6.45, 7) is 1.28. The quantitative estimate of drug-likeness (QED) is 0.368. The molecule has 1 aromatic carbocycles. The van der Waals surface area contributed by atoms with Gasteiger partial charge in [0.2, 0.25) is 0 Å². The average Bonchev–Trinajstić information content (AvgIpc) is 2.29. The molecule has 0 radical (unpaired) electrons. The topological polar surface area (TPSA) is 43.4 Å². The van der Waals surface area contributed by atoms with Crippen molar-refractivity contribution in [2.75, 3.05) is 7.11 Å². The summed E-state index contributed by atoms with van der Waals surface area (Å²) < 4.78 is 4.51. The maximum Gasteiger partial charge on any atom is 0.341 e. The fourth-order valence-corrected chi connectivity index (χ4v) is 1.56. The number of hydrogen-bond acceptors (Lipinski definition) is 3. The van der Waals surface area contributed by atoms with Gasteiger partial charge in [0, 0.05) is 0 Å². The summed E-state index contributed by atoms with van der Waals surface area (Å²) >= 11 is 11.8. The first-order chi connectivity index (χ1) is 7.97. The second-order valence-corrected chi connectivity index (χ2v) is 4.03. The molecular formula is C12H10Cl2O3. The third-order valence-corrected chi connectivity index (χ3v) is 2.90. The van der Waals surface area contributed by atoms with E-state index in [0.29, 0.717) is 10.6 Å². The van der Waals surface area contributed by atoms with Crippen LogP contribution in [-0.4, -0.2) is 18.9 Å². The van der Waals surface area contributed by atoms with E-state index in [2.05, 4.69) is 4.74 Å². The maximum atomic E-state index is 11.4. The van der Waals surface area contributed by atoms with Crippen LogP contribution >= 0.6 is 23.2 Å². The van der Waals surface area contributed by atoms with E-state index in [1.54, 1.807) is 18.2 Å². The van der Waals surface area contributed by atoms with Crippen LogP contribution in [0.25, 0.3) is 6.08 Å². The zero-order valence-corrected chi connectivity index (χ0v) is 10.8. The van der Waals surface area contributed by atoms with E-state index in [0.717, 1.165) is 0 Å². The Hall–Kier alpha value is -1.32. The van der Waals surface area contributed by atoms with Crippen molar-refractivity contribution in [3.05, 3.63) is 39.4 Å². The number of ether oxygens (including phenoxy) is 1. The number of benzene rings is 1. The lowest BCUT2D eigenvalue weighted by atomic mass is 10.1. The van der Waals surface area contributed by atoms with Gasteiger partial charge in [-0.25, -0.2) is 4.79 Å². The number of carbonyl (C=O) groups is 2. The Morgan fingerprint density at radius 2 is 1.94 bits per heavy atom. The van der Waals surface area contributed by atoms with Crippen LogP contribution in [0, 0.1) is 0 Å². The van der Waals surface area contributed by atoms with Crippen molar-refractivity contribution in [2.45, 2.75) is 6.92 Å². The van der Waals surface area contributed by atoms with Crippen molar-refractivity contribution >= 4 is 41.0 Å². The number of ketones is 1. The van der Waals surface area contributed by atoms with E-state index < -0.39 is 11.8 Å². The van der Waals surface area contributed by atoms with Crippen LogP contribution in [0.5, 0.6) is 0 Å². The summed E-state index contributed by atoms with van der Waals surface area (Å²) in [6, 6.07) is 4.95. The van der Waals surface area contributed by atoms with Crippen molar-refractivity contribution < 1.29 is 14.3 Å². The van der Waals surface area contributed by atoms with Crippen LogP contribution in [0.15, 0.2) is 23.8 Å². The molecule has 0 aliphatic carbocycles. The van der Waals surface area contributed by atoms with Gasteiger partial charge in [-0.1, -0.05) is 35.3 Å². The van der Waals surface area contributed by atoms with E-state index in [9.17, 15) is 9.59 Å². The second kappa shape index (κ2) is 5.84. The molecule has 0 atom stereocenters. The van der Waals surface area contributed by atoms with Crippen molar-refractivity contribution in [2.24, 2.45) is 0 Å². The molecule has 0 aliphatic heterocycles. The van der Waals surface area contributed by atoms with Crippen molar-refractivity contribution in [3.63, 3.8) is 0 Å². The van der Waals surface area contributed by atoms with Crippen molar-refractivity contribution in [1.29, 1.82) is 0 Å². The van der Waals surface area contributed by atoms with Gasteiger partial charge in [-0.15, -0.1) is 0 Å². The Bertz CT molecular complexity index is 493. The van der Waals surface area contributed by atoms with E-state index in [4.69, 9.17) is 23.2 Å². The van der Waals surface area contributed by atoms with Crippen LogP contribution in [0.2, 0.25) is 10.0 Å². The molecule has 0 N–H and O–H groups in total. The molecule has 0 saturated carbocycles. The molecule has 17 heavy (non-hydrogen) atoms. The lowest BCUT2D eigenvalue weighted by Crippen LogP contribution is -2.11. The molecule has 0 saturated heterocycles. The third kappa shape index (κ3) is 3.32. The molecule has 1 rings (SSSR count). The van der Waals surface area contributed by atoms with E-state index in [1.807, 2.05) is 0 Å². The lowest BCUT2D eigenvalue weighted by Gasteiger charge is -2.04. The predicted molar refractivity (Wildman–Crippen MR) is 67.1 cm³/mol. The minimum absolute atomic E-state index is 0.0725. The summed E-state index contributed by atoms with van der Waals surface area (Å²) in [5, 5.41) is 0.644. The van der Waals surface area contributed by atoms with Gasteiger partial charge in [0.1, 0.15) is 5.57 Å². The SMILES string of the molecule is COC(=O)/C(=C/c1cccc(Cl)c1Cl)C(C)=O. The Morgan fingerprint density at radius 3 is 2.47 bits per heavy atom. The van der Waals surface area contributed by atoms with Crippen LogP contribution in [-0.2, 0) is 14.3 Å². The first-order valence-corrected chi connectivity index (χ1v) is 5.48. The monoisotopic (exact) mass is 272 g/mol. The normalized spacial score (nSPS) is 11.2. The average molecular weight is 273 g/mol. The van der Waals surface area contributed by atoms with E-state index in [-0.39, 0.29) is 10.6 Å². The van der Waals surface area contributed by atoms with E-state index in [1.165, 1.54) is 20.1 Å². The Kier molecular flexibility index (Phi) is 4.73. The minimum atomic E-state index is -0.700. The smallest absolute Gasteiger partial charge is 0.341 e. The second-order valence-electron chi connectivity index (χ2n) is 3.25. The summed E-state index contributed by atoms with van der Waals surface area (Å²) in [5.74, 6) is -1.10. The molecule has 0 aliphatic rings. The Morgan fingerprint density at radius 1 is 1.29 bits per heavy atom. The van der Waals surface area contributed by atoms with Gasteiger partial charge in [-0.3, -0.25) is 4.79 Å². The van der Waals surface area contributed by atoms with Crippen LogP contribution in [0.4, 0.5) is 0 Å². The zero-order valence-electron chi connectivity index (χ0n) is 9.29. The molecule has 1 aromatic rings. The number of methoxy groups -OCH3 is 1. The molecule has 0 heterocycles. The van der Waals surface area contributed by atoms with Crippen molar-refractivity contribution in [1.82, 2.24) is 0 Å². The lowest BCUT2D eigenvalue weighted by molar-refractivity contribution is -0.137. The largest absolute Gasteiger partial charge is 0.465 e. The van der Waals surface area contributed by atoms with Crippen LogP contribution < -0.4 is 0 Å². The first kappa shape index (κ1) is 13.7. The van der Waals surface area contributed by atoms with Crippen LogP contribution in [0.3, 0.4) is 0 Å². The number of Topliss-reactive ketones (excluding diaryl/α,β-unsaturated/α-hetero) is 1. The molecule has 0 fully saturated rings. The number of halogens is 2. The Labute approximate surface area is 109 Å². The molecule has 3 nitrogen and oxygen atoms in total. The first-order valence-electron chi connectivity index (χ1n) is 4.72. The highest BCUT2D eigenvalue weighted by molar-refractivity contribution is 6.43. The number of esters is 1. The highest BCUT2D eigenvalue weighted by atomic mass is 35.5. The molecule has 0 unspecified atom stereocenters. The number of hydrogen-bond donors (Lipinski definition) is 0. The molecular weight excluding hydrogens is 263 g/mol. The van der Waals surface area contributed by atoms with Crippen molar-refractivity contribution in [3.8, 4) is 0 Å². The van der Waals surface area contributed by atoms with Gasteiger partial charge >= 0.3 is 5.97 Å². The molecule has 0 aromatic heterocycles. The fourth-order valence-electron chi connectivity index (χ4n) is 1.20. The van der Waals surface area contributed by atoms with Gasteiger partial charge in [-0.05, 0) is 24.6 Å². The van der Waals surface area contributed by atoms with Gasteiger partial charge in [-0.2, -0.15) is 0 Å². The number of rotatable bonds is 3.